The molecule has 0 unspecified atom stereocenters. The second kappa shape index (κ2) is 3.64. The number of aromatic amines is 1. The highest BCUT2D eigenvalue weighted by Crippen LogP contribution is 2.30. The standard InChI is InChI=1S/C5H4Cl2N2O3/c6-4(7)3-2(1-8-9-3)12-5(10)11/h1,4H,(H,8,9)(H,10,11). The first kappa shape index (κ1) is 9.15. The Morgan fingerprint density at radius 3 is 2.92 bits per heavy atom. The van der Waals surface area contributed by atoms with Gasteiger partial charge in [-0.05, 0) is 0 Å². The van der Waals surface area contributed by atoms with Gasteiger partial charge < -0.3 is 9.84 Å². The molecule has 0 aliphatic carbocycles. The van der Waals surface area contributed by atoms with Gasteiger partial charge in [0.05, 0.1) is 6.20 Å². The lowest BCUT2D eigenvalue weighted by atomic mass is 10.4. The molecule has 0 aromatic carbocycles. The summed E-state index contributed by atoms with van der Waals surface area (Å²) in [5, 5.41) is 14.2. The monoisotopic (exact) mass is 210 g/mol. The molecule has 0 aliphatic heterocycles. The number of H-pyrrole nitrogens is 1. The van der Waals surface area contributed by atoms with Gasteiger partial charge in [0.2, 0.25) is 0 Å². The van der Waals surface area contributed by atoms with E-state index in [9.17, 15) is 4.79 Å². The first-order valence-corrected chi connectivity index (χ1v) is 3.70. The summed E-state index contributed by atoms with van der Waals surface area (Å²) in [6.45, 7) is 0. The Bertz CT molecular complexity index is 286. The van der Waals surface area contributed by atoms with E-state index in [1.54, 1.807) is 0 Å². The van der Waals surface area contributed by atoms with Crippen LogP contribution in [0.1, 0.15) is 10.5 Å². The Labute approximate surface area is 77.2 Å². The smallest absolute Gasteiger partial charge is 0.449 e. The van der Waals surface area contributed by atoms with Crippen LogP contribution < -0.4 is 4.74 Å². The van der Waals surface area contributed by atoms with Crippen molar-refractivity contribution in [3.8, 4) is 5.75 Å². The maximum Gasteiger partial charge on any atom is 0.511 e. The van der Waals surface area contributed by atoms with Crippen molar-refractivity contribution < 1.29 is 14.6 Å². The highest BCUT2D eigenvalue weighted by molar-refractivity contribution is 6.44. The summed E-state index contributed by atoms with van der Waals surface area (Å²) in [5.41, 5.74) is 0.223. The molecule has 0 aliphatic rings. The predicted molar refractivity (Wildman–Crippen MR) is 41.7 cm³/mol. The molecule has 1 aromatic heterocycles. The zero-order valence-corrected chi connectivity index (χ0v) is 7.13. The number of nitrogens with zero attached hydrogens (tertiary/aromatic N) is 1. The van der Waals surface area contributed by atoms with E-state index in [1.807, 2.05) is 0 Å². The predicted octanol–water partition coefficient (Wildman–Crippen LogP) is 1.94. The van der Waals surface area contributed by atoms with E-state index in [0.29, 0.717) is 0 Å². The fourth-order valence-corrected chi connectivity index (χ4v) is 0.929. The first-order chi connectivity index (χ1) is 5.61. The molecular weight excluding hydrogens is 207 g/mol. The number of alkyl halides is 2. The van der Waals surface area contributed by atoms with Crippen LogP contribution in [0.5, 0.6) is 5.75 Å². The molecule has 7 heteroatoms. The van der Waals surface area contributed by atoms with Gasteiger partial charge in [0.15, 0.2) is 10.6 Å². The van der Waals surface area contributed by atoms with Crippen molar-refractivity contribution in [1.29, 1.82) is 0 Å². The molecule has 0 atom stereocenters. The molecule has 0 saturated heterocycles. The molecule has 0 bridgehead atoms. The molecule has 0 radical (unpaired) electrons. The third kappa shape index (κ3) is 2.02. The number of nitrogens with one attached hydrogen (secondary N) is 1. The lowest BCUT2D eigenvalue weighted by Gasteiger charge is -2.00. The third-order valence-electron chi connectivity index (χ3n) is 1.05. The molecule has 5 nitrogen and oxygen atoms in total. The van der Waals surface area contributed by atoms with Crippen LogP contribution in [0, 0.1) is 0 Å². The van der Waals surface area contributed by atoms with Crippen LogP contribution in [0.25, 0.3) is 0 Å². The summed E-state index contributed by atoms with van der Waals surface area (Å²) < 4.78 is 4.30. The second-order valence-corrected chi connectivity index (χ2v) is 2.91. The molecule has 12 heavy (non-hydrogen) atoms. The van der Waals surface area contributed by atoms with Crippen LogP contribution in [0.3, 0.4) is 0 Å². The van der Waals surface area contributed by atoms with Crippen molar-refractivity contribution in [1.82, 2.24) is 10.2 Å². The lowest BCUT2D eigenvalue weighted by molar-refractivity contribution is 0.144. The Morgan fingerprint density at radius 2 is 2.42 bits per heavy atom. The van der Waals surface area contributed by atoms with E-state index in [1.165, 1.54) is 6.20 Å². The molecule has 0 saturated carbocycles. The fraction of sp³-hybridized carbons (Fsp3) is 0.200. The van der Waals surface area contributed by atoms with Gasteiger partial charge in [0.1, 0.15) is 5.69 Å². The van der Waals surface area contributed by atoms with Crippen molar-refractivity contribution >= 4 is 29.4 Å². The summed E-state index contributed by atoms with van der Waals surface area (Å²) >= 11 is 10.9. The molecule has 1 rings (SSSR count). The van der Waals surface area contributed by atoms with E-state index < -0.39 is 11.0 Å². The second-order valence-electron chi connectivity index (χ2n) is 1.82. The number of hydrogen-bond donors (Lipinski definition) is 2. The number of hydrogen-bond acceptors (Lipinski definition) is 3. The largest absolute Gasteiger partial charge is 0.511 e. The van der Waals surface area contributed by atoms with E-state index in [-0.39, 0.29) is 11.4 Å². The summed E-state index contributed by atoms with van der Waals surface area (Å²) in [6, 6.07) is 0. The Morgan fingerprint density at radius 1 is 1.75 bits per heavy atom. The average Bonchev–Trinajstić information content (AvgIpc) is 2.33. The SMILES string of the molecule is O=C(O)Oc1cn[nH]c1C(Cl)Cl. The minimum absolute atomic E-state index is 0.0116. The molecule has 0 amide bonds. The average molecular weight is 211 g/mol. The van der Waals surface area contributed by atoms with E-state index >= 15 is 0 Å². The maximum absolute atomic E-state index is 10.1. The summed E-state index contributed by atoms with van der Waals surface area (Å²) in [4.78, 5) is 9.20. The zero-order valence-electron chi connectivity index (χ0n) is 5.62. The summed E-state index contributed by atoms with van der Waals surface area (Å²) in [6.07, 6.45) is -0.257. The fourth-order valence-electron chi connectivity index (χ4n) is 0.617. The number of aromatic nitrogens is 2. The van der Waals surface area contributed by atoms with Gasteiger partial charge in [-0.15, -0.1) is 0 Å². The molecule has 1 aromatic rings. The van der Waals surface area contributed by atoms with Crippen LogP contribution in [0.4, 0.5) is 4.79 Å². The van der Waals surface area contributed by atoms with Gasteiger partial charge >= 0.3 is 6.16 Å². The highest BCUT2D eigenvalue weighted by atomic mass is 35.5. The highest BCUT2D eigenvalue weighted by Gasteiger charge is 2.15. The maximum atomic E-state index is 10.1. The van der Waals surface area contributed by atoms with E-state index in [2.05, 4.69) is 14.9 Å². The van der Waals surface area contributed by atoms with Crippen molar-refractivity contribution in [2.75, 3.05) is 0 Å². The van der Waals surface area contributed by atoms with Crippen LogP contribution in [-0.2, 0) is 0 Å². The number of halogens is 2. The summed E-state index contributed by atoms with van der Waals surface area (Å²) in [5.74, 6) is 0.0116. The van der Waals surface area contributed by atoms with Crippen LogP contribution >= 0.6 is 23.2 Å². The first-order valence-electron chi connectivity index (χ1n) is 2.83. The Hall–Kier alpha value is -0.940. The lowest BCUT2D eigenvalue weighted by Crippen LogP contribution is -2.03. The number of ether oxygens (including phenoxy) is 1. The normalized spacial score (nSPS) is 10.2. The van der Waals surface area contributed by atoms with Gasteiger partial charge in [-0.25, -0.2) is 4.79 Å². The minimum Gasteiger partial charge on any atom is -0.449 e. The molecule has 66 valence electrons. The topological polar surface area (TPSA) is 75.2 Å². The van der Waals surface area contributed by atoms with Crippen LogP contribution in [0.15, 0.2) is 6.20 Å². The van der Waals surface area contributed by atoms with Gasteiger partial charge in [-0.2, -0.15) is 5.10 Å². The number of carbonyl (C=O) groups is 1. The van der Waals surface area contributed by atoms with Crippen molar-refractivity contribution in [2.24, 2.45) is 0 Å². The van der Waals surface area contributed by atoms with Crippen LogP contribution in [0.2, 0.25) is 0 Å². The van der Waals surface area contributed by atoms with Gasteiger partial charge in [0.25, 0.3) is 0 Å². The van der Waals surface area contributed by atoms with Crippen molar-refractivity contribution in [3.63, 3.8) is 0 Å². The van der Waals surface area contributed by atoms with Gasteiger partial charge in [0, 0.05) is 0 Å². The molecule has 1 heterocycles. The zero-order chi connectivity index (χ0) is 9.14. The van der Waals surface area contributed by atoms with Gasteiger partial charge in [-0.1, -0.05) is 23.2 Å². The summed E-state index contributed by atoms with van der Waals surface area (Å²) in [7, 11) is 0. The quantitative estimate of drug-likeness (QED) is 0.578. The van der Waals surface area contributed by atoms with E-state index in [4.69, 9.17) is 28.3 Å². The van der Waals surface area contributed by atoms with Crippen LogP contribution in [-0.4, -0.2) is 21.5 Å². The molecule has 2 N–H and O–H groups in total. The molecule has 0 fully saturated rings. The molecule has 0 spiro atoms. The Kier molecular flexibility index (Phi) is 2.78. The number of rotatable bonds is 2. The van der Waals surface area contributed by atoms with Crippen molar-refractivity contribution in [3.05, 3.63) is 11.9 Å². The van der Waals surface area contributed by atoms with Gasteiger partial charge in [-0.3, -0.25) is 5.10 Å². The third-order valence-corrected chi connectivity index (χ3v) is 1.48. The minimum atomic E-state index is -1.44. The Balaban J connectivity index is 2.84. The van der Waals surface area contributed by atoms with E-state index in [0.717, 1.165) is 0 Å². The number of carboxylic acid groups (broad SMARTS) is 1. The van der Waals surface area contributed by atoms with Crippen molar-refractivity contribution in [2.45, 2.75) is 4.84 Å². The molecular formula is C5H4Cl2N2O3.